The number of pyridine rings is 4. The average Bonchev–Trinajstić information content (AvgIpc) is 2.56. The number of aromatic amines is 2. The van der Waals surface area contributed by atoms with Crippen molar-refractivity contribution in [1.29, 1.82) is 0 Å². The quantitative estimate of drug-likeness (QED) is 0.330. The van der Waals surface area contributed by atoms with Crippen LogP contribution in [0.4, 0.5) is 0 Å². The minimum absolute atomic E-state index is 0. The number of nitrogens with zero attached hydrogens (tertiary/aromatic N) is 2. The van der Waals surface area contributed by atoms with E-state index < -0.39 is 0 Å². The third kappa shape index (κ3) is 4.35. The van der Waals surface area contributed by atoms with E-state index in [2.05, 4.69) is 19.9 Å². The average molecular weight is 333 g/mol. The van der Waals surface area contributed by atoms with Crippen LogP contribution in [0.3, 0.4) is 0 Å². The van der Waals surface area contributed by atoms with Gasteiger partial charge in [-0.15, -0.1) is 0 Å². The number of H-pyrrole nitrogens is 2. The number of nitrogens with one attached hydrogen (secondary N) is 2. The van der Waals surface area contributed by atoms with Crippen LogP contribution in [0, 0.1) is 0 Å². The van der Waals surface area contributed by atoms with Gasteiger partial charge in [0.1, 0.15) is 0 Å². The summed E-state index contributed by atoms with van der Waals surface area (Å²) in [7, 11) is 0. The standard InChI is InChI=1S/2C8H6N2.2ClH/c2*1-2-7-6-9-5-3-8(7)10-4-1;;/h2*1-6H;2*1H. The molecule has 0 aliphatic heterocycles. The van der Waals surface area contributed by atoms with Crippen LogP contribution in [0.15, 0.2) is 73.6 Å². The van der Waals surface area contributed by atoms with Gasteiger partial charge in [0.15, 0.2) is 24.8 Å². The van der Waals surface area contributed by atoms with Gasteiger partial charge in [-0.05, 0) is 24.3 Å². The fourth-order valence-electron chi connectivity index (χ4n) is 1.91. The Morgan fingerprint density at radius 3 is 1.50 bits per heavy atom. The zero-order chi connectivity index (χ0) is 13.6. The molecule has 0 saturated heterocycles. The van der Waals surface area contributed by atoms with Gasteiger partial charge in [0.2, 0.25) is 0 Å². The number of hydrogen-bond acceptors (Lipinski definition) is 2. The molecule has 6 heteroatoms. The Bertz CT molecular complexity index is 637. The van der Waals surface area contributed by atoms with Crippen molar-refractivity contribution < 1.29 is 34.8 Å². The summed E-state index contributed by atoms with van der Waals surface area (Å²) in [5.41, 5.74) is 2.06. The summed E-state index contributed by atoms with van der Waals surface area (Å²) < 4.78 is 0. The highest BCUT2D eigenvalue weighted by Gasteiger charge is 1.92. The van der Waals surface area contributed by atoms with Gasteiger partial charge in [0.25, 0.3) is 0 Å². The van der Waals surface area contributed by atoms with E-state index in [1.54, 1.807) is 12.4 Å². The summed E-state index contributed by atoms with van der Waals surface area (Å²) in [6.07, 6.45) is 11.2. The number of fused-ring (bicyclic) bond motifs is 2. The molecule has 4 aromatic heterocycles. The van der Waals surface area contributed by atoms with Crippen molar-refractivity contribution in [2.75, 3.05) is 0 Å². The summed E-state index contributed by atoms with van der Waals surface area (Å²) in [4.78, 5) is 14.3. The van der Waals surface area contributed by atoms with Gasteiger partial charge in [-0.25, -0.2) is 9.97 Å². The minimum atomic E-state index is 0. The molecule has 4 nitrogen and oxygen atoms in total. The van der Waals surface area contributed by atoms with Gasteiger partial charge in [0.05, 0.1) is 21.8 Å². The van der Waals surface area contributed by atoms with Crippen LogP contribution >= 0.6 is 0 Å². The van der Waals surface area contributed by atoms with Crippen LogP contribution in [0.25, 0.3) is 21.8 Å². The lowest BCUT2D eigenvalue weighted by molar-refractivity contribution is -0.376. The Balaban J connectivity index is 0.000000202. The second kappa shape index (κ2) is 8.87. The van der Waals surface area contributed by atoms with Crippen molar-refractivity contribution in [3.63, 3.8) is 0 Å². The molecule has 0 atom stereocenters. The van der Waals surface area contributed by atoms with Gasteiger partial charge >= 0.3 is 0 Å². The third-order valence-corrected chi connectivity index (χ3v) is 2.89. The Hall–Kier alpha value is -2.30. The number of rotatable bonds is 0. The molecule has 0 aliphatic rings. The van der Waals surface area contributed by atoms with Crippen molar-refractivity contribution in [2.24, 2.45) is 0 Å². The summed E-state index contributed by atoms with van der Waals surface area (Å²) in [5, 5.41) is 2.29. The lowest BCUT2D eigenvalue weighted by Crippen LogP contribution is -3.00. The maximum Gasteiger partial charge on any atom is 0.176 e. The first-order valence-corrected chi connectivity index (χ1v) is 6.35. The first-order chi connectivity index (χ1) is 9.93. The van der Waals surface area contributed by atoms with Crippen LogP contribution in [0.2, 0.25) is 0 Å². The summed E-state index contributed by atoms with van der Waals surface area (Å²) in [6, 6.07) is 11.8. The smallest absolute Gasteiger partial charge is 0.176 e. The Morgan fingerprint density at radius 2 is 1.09 bits per heavy atom. The van der Waals surface area contributed by atoms with Crippen LogP contribution in [-0.2, 0) is 0 Å². The zero-order valence-electron chi connectivity index (χ0n) is 11.6. The van der Waals surface area contributed by atoms with Crippen LogP contribution in [0.5, 0.6) is 0 Å². The van der Waals surface area contributed by atoms with E-state index in [4.69, 9.17) is 0 Å². The van der Waals surface area contributed by atoms with Crippen LogP contribution in [0.1, 0.15) is 0 Å². The molecule has 4 heterocycles. The molecule has 0 unspecified atom stereocenters. The molecular weight excluding hydrogens is 319 g/mol. The fraction of sp³-hybridized carbons (Fsp3) is 0. The highest BCUT2D eigenvalue weighted by atomic mass is 35.5. The maximum atomic E-state index is 4.16. The fourth-order valence-corrected chi connectivity index (χ4v) is 1.91. The lowest BCUT2D eigenvalue weighted by Gasteiger charge is -1.87. The normalized spacial score (nSPS) is 9.09. The molecule has 22 heavy (non-hydrogen) atoms. The highest BCUT2D eigenvalue weighted by molar-refractivity contribution is 5.76. The molecule has 0 saturated carbocycles. The molecule has 0 spiro atoms. The molecule has 0 radical (unpaired) electrons. The molecule has 0 aromatic carbocycles. The largest absolute Gasteiger partial charge is 1.00 e. The summed E-state index contributed by atoms with van der Waals surface area (Å²) >= 11 is 0. The molecular formula is C16H14Cl2N4. The monoisotopic (exact) mass is 332 g/mol. The van der Waals surface area contributed by atoms with Crippen molar-refractivity contribution >= 4 is 21.8 Å². The van der Waals surface area contributed by atoms with Crippen molar-refractivity contribution in [2.45, 2.75) is 0 Å². The Morgan fingerprint density at radius 1 is 0.636 bits per heavy atom. The van der Waals surface area contributed by atoms with E-state index in [-0.39, 0.29) is 24.8 Å². The van der Waals surface area contributed by atoms with Gasteiger partial charge in [-0.2, -0.15) is 0 Å². The van der Waals surface area contributed by atoms with E-state index in [9.17, 15) is 0 Å². The minimum Gasteiger partial charge on any atom is -1.00 e. The van der Waals surface area contributed by atoms with Crippen LogP contribution < -0.4 is 34.8 Å². The van der Waals surface area contributed by atoms with Crippen molar-refractivity contribution in [3.8, 4) is 0 Å². The lowest BCUT2D eigenvalue weighted by atomic mass is 10.3. The molecule has 112 valence electrons. The second-order valence-electron chi connectivity index (χ2n) is 4.24. The Kier molecular flexibility index (Phi) is 7.16. The van der Waals surface area contributed by atoms with Gasteiger partial charge in [-0.3, -0.25) is 9.97 Å². The van der Waals surface area contributed by atoms with E-state index in [1.807, 2.05) is 61.2 Å². The number of halogens is 2. The predicted octanol–water partition coefficient (Wildman–Crippen LogP) is -3.89. The van der Waals surface area contributed by atoms with Crippen molar-refractivity contribution in [1.82, 2.24) is 9.97 Å². The molecule has 0 fully saturated rings. The van der Waals surface area contributed by atoms with Crippen molar-refractivity contribution in [3.05, 3.63) is 73.6 Å². The zero-order valence-corrected chi connectivity index (χ0v) is 13.1. The van der Waals surface area contributed by atoms with Crippen LogP contribution in [-0.4, -0.2) is 9.97 Å². The summed E-state index contributed by atoms with van der Waals surface area (Å²) in [5.74, 6) is 0. The van der Waals surface area contributed by atoms with E-state index >= 15 is 0 Å². The first-order valence-electron chi connectivity index (χ1n) is 6.35. The third-order valence-electron chi connectivity index (χ3n) is 2.89. The molecule has 4 aromatic rings. The second-order valence-corrected chi connectivity index (χ2v) is 4.24. The first kappa shape index (κ1) is 17.8. The SMILES string of the molecule is [Cl-].[Cl-].c1cnc2cc[nH+]cc2c1.c1cnc2cc[nH+]cc2c1. The Labute approximate surface area is 140 Å². The van der Waals surface area contributed by atoms with Gasteiger partial charge < -0.3 is 24.8 Å². The molecule has 0 amide bonds. The molecule has 4 rings (SSSR count). The van der Waals surface area contributed by atoms with E-state index in [0.29, 0.717) is 0 Å². The molecule has 0 bridgehead atoms. The van der Waals surface area contributed by atoms with E-state index in [1.165, 1.54) is 0 Å². The number of hydrogen-bond donors (Lipinski definition) is 0. The predicted molar refractivity (Wildman–Crippen MR) is 76.6 cm³/mol. The summed E-state index contributed by atoms with van der Waals surface area (Å²) in [6.45, 7) is 0. The van der Waals surface area contributed by atoms with Gasteiger partial charge in [0, 0.05) is 24.5 Å². The highest BCUT2D eigenvalue weighted by Crippen LogP contribution is 2.05. The molecule has 2 N–H and O–H groups in total. The topological polar surface area (TPSA) is 54.1 Å². The molecule has 0 aliphatic carbocycles. The maximum absolute atomic E-state index is 4.16. The number of aromatic nitrogens is 4. The van der Waals surface area contributed by atoms with E-state index in [0.717, 1.165) is 21.8 Å². The van der Waals surface area contributed by atoms with Gasteiger partial charge in [-0.1, -0.05) is 0 Å².